The quantitative estimate of drug-likeness (QED) is 0.705. The second-order valence-electron chi connectivity index (χ2n) is 5.21. The zero-order valence-corrected chi connectivity index (χ0v) is 13.2. The van der Waals surface area contributed by atoms with E-state index in [0.29, 0.717) is 35.6 Å². The first kappa shape index (κ1) is 16.1. The third kappa shape index (κ3) is 3.11. The van der Waals surface area contributed by atoms with Crippen molar-refractivity contribution in [3.8, 4) is 11.3 Å². The molecule has 1 amide bonds. The maximum Gasteiger partial charge on any atom is 0.256 e. The van der Waals surface area contributed by atoms with Crippen molar-refractivity contribution >= 4 is 11.6 Å². The Balaban J connectivity index is 1.92. The fraction of sp³-hybridized carbons (Fsp3) is 0.235. The fourth-order valence-electron chi connectivity index (χ4n) is 2.44. The van der Waals surface area contributed by atoms with Gasteiger partial charge in [-0.25, -0.2) is 13.9 Å². The highest BCUT2D eigenvalue weighted by Crippen LogP contribution is 2.23. The van der Waals surface area contributed by atoms with Gasteiger partial charge in [0.2, 0.25) is 0 Å². The van der Waals surface area contributed by atoms with Crippen molar-refractivity contribution in [3.05, 3.63) is 54.1 Å². The van der Waals surface area contributed by atoms with Gasteiger partial charge in [-0.05, 0) is 24.6 Å². The Morgan fingerprint density at radius 2 is 2.17 bits per heavy atom. The van der Waals surface area contributed by atoms with Crippen molar-refractivity contribution in [2.45, 2.75) is 6.42 Å². The summed E-state index contributed by atoms with van der Waals surface area (Å²) in [5.74, 6) is -0.620. The maximum absolute atomic E-state index is 14.1. The molecule has 0 aliphatic heterocycles. The van der Waals surface area contributed by atoms with E-state index in [-0.39, 0.29) is 11.7 Å². The Morgan fingerprint density at radius 1 is 1.33 bits per heavy atom. The van der Waals surface area contributed by atoms with Gasteiger partial charge in [0.15, 0.2) is 5.65 Å². The van der Waals surface area contributed by atoms with Crippen LogP contribution in [0.25, 0.3) is 16.9 Å². The summed E-state index contributed by atoms with van der Waals surface area (Å²) in [5.41, 5.74) is 1.68. The van der Waals surface area contributed by atoms with Crippen LogP contribution < -0.4 is 5.32 Å². The Hall–Kier alpha value is -2.80. The van der Waals surface area contributed by atoms with Crippen LogP contribution in [0.2, 0.25) is 0 Å². The number of halogens is 1. The normalized spacial score (nSPS) is 10.9. The van der Waals surface area contributed by atoms with Crippen LogP contribution in [0, 0.1) is 5.82 Å². The Bertz CT molecular complexity index is 863. The number of fused-ring (bicyclic) bond motifs is 1. The summed E-state index contributed by atoms with van der Waals surface area (Å²) in [6.45, 7) is 1.07. The minimum atomic E-state index is -0.355. The van der Waals surface area contributed by atoms with E-state index in [1.165, 1.54) is 16.8 Å². The van der Waals surface area contributed by atoms with Gasteiger partial charge in [-0.2, -0.15) is 5.10 Å². The van der Waals surface area contributed by atoms with Gasteiger partial charge >= 0.3 is 0 Å². The molecule has 2 heterocycles. The standard InChI is InChI=1S/C17H17FN4O2/c1-24-10-4-8-20-17(23)13-11-21-22-15(7-9-19-16(13)22)12-5-2-3-6-14(12)18/h2-3,5-7,9,11H,4,8,10H2,1H3,(H,20,23). The molecular weight excluding hydrogens is 311 g/mol. The Kier molecular flexibility index (Phi) is 4.81. The number of aromatic nitrogens is 3. The molecule has 1 N–H and O–H groups in total. The Morgan fingerprint density at radius 3 is 2.96 bits per heavy atom. The molecule has 3 aromatic rings. The highest BCUT2D eigenvalue weighted by Gasteiger charge is 2.16. The van der Waals surface area contributed by atoms with E-state index in [2.05, 4.69) is 15.4 Å². The minimum absolute atomic E-state index is 0.265. The topological polar surface area (TPSA) is 68.5 Å². The monoisotopic (exact) mass is 328 g/mol. The first-order chi connectivity index (χ1) is 11.7. The molecule has 0 atom stereocenters. The Labute approximate surface area is 138 Å². The predicted octanol–water partition coefficient (Wildman–Crippen LogP) is 2.30. The van der Waals surface area contributed by atoms with Crippen molar-refractivity contribution < 1.29 is 13.9 Å². The second kappa shape index (κ2) is 7.18. The van der Waals surface area contributed by atoms with Crippen molar-refractivity contribution in [2.24, 2.45) is 0 Å². The van der Waals surface area contributed by atoms with Gasteiger partial charge in [0.1, 0.15) is 11.4 Å². The maximum atomic E-state index is 14.1. The number of rotatable bonds is 6. The average Bonchev–Trinajstić information content (AvgIpc) is 3.03. The first-order valence-corrected chi connectivity index (χ1v) is 7.57. The first-order valence-electron chi connectivity index (χ1n) is 7.57. The molecule has 6 nitrogen and oxygen atoms in total. The molecule has 2 aromatic heterocycles. The summed E-state index contributed by atoms with van der Waals surface area (Å²) in [6.07, 6.45) is 3.70. The van der Waals surface area contributed by atoms with Crippen LogP contribution in [0.1, 0.15) is 16.8 Å². The number of hydrogen-bond acceptors (Lipinski definition) is 4. The lowest BCUT2D eigenvalue weighted by molar-refractivity contribution is 0.0950. The molecule has 0 spiro atoms. The van der Waals surface area contributed by atoms with Crippen LogP contribution in [-0.4, -0.2) is 40.8 Å². The number of hydrogen-bond donors (Lipinski definition) is 1. The number of amides is 1. The van der Waals surface area contributed by atoms with Crippen LogP contribution in [0.3, 0.4) is 0 Å². The molecule has 0 fully saturated rings. The molecule has 124 valence electrons. The lowest BCUT2D eigenvalue weighted by Crippen LogP contribution is -2.25. The summed E-state index contributed by atoms with van der Waals surface area (Å²) in [5, 5.41) is 7.00. The highest BCUT2D eigenvalue weighted by atomic mass is 19.1. The van der Waals surface area contributed by atoms with Gasteiger partial charge in [-0.15, -0.1) is 0 Å². The third-order valence-corrected chi connectivity index (χ3v) is 3.61. The smallest absolute Gasteiger partial charge is 0.256 e. The lowest BCUT2D eigenvalue weighted by atomic mass is 10.1. The zero-order chi connectivity index (χ0) is 16.9. The molecule has 0 aliphatic rings. The van der Waals surface area contributed by atoms with Crippen LogP contribution in [0.15, 0.2) is 42.7 Å². The molecule has 0 aliphatic carbocycles. The molecule has 0 bridgehead atoms. The van der Waals surface area contributed by atoms with Crippen LogP contribution >= 0.6 is 0 Å². The largest absolute Gasteiger partial charge is 0.385 e. The molecule has 0 radical (unpaired) electrons. The van der Waals surface area contributed by atoms with Crippen molar-refractivity contribution in [3.63, 3.8) is 0 Å². The van der Waals surface area contributed by atoms with E-state index < -0.39 is 0 Å². The third-order valence-electron chi connectivity index (χ3n) is 3.61. The fourth-order valence-corrected chi connectivity index (χ4v) is 2.44. The molecule has 7 heteroatoms. The van der Waals surface area contributed by atoms with Crippen molar-refractivity contribution in [2.75, 3.05) is 20.3 Å². The zero-order valence-electron chi connectivity index (χ0n) is 13.2. The second-order valence-corrected chi connectivity index (χ2v) is 5.21. The van der Waals surface area contributed by atoms with Gasteiger partial charge in [-0.1, -0.05) is 12.1 Å². The van der Waals surface area contributed by atoms with E-state index >= 15 is 0 Å². The SMILES string of the molecule is COCCCNC(=O)c1cnn2c(-c3ccccc3F)ccnc12. The molecule has 0 unspecified atom stereocenters. The van der Waals surface area contributed by atoms with Gasteiger partial charge in [0.25, 0.3) is 5.91 Å². The number of carbonyl (C=O) groups excluding carboxylic acids is 1. The number of nitrogens with one attached hydrogen (secondary N) is 1. The number of nitrogens with zero attached hydrogens (tertiary/aromatic N) is 3. The minimum Gasteiger partial charge on any atom is -0.385 e. The lowest BCUT2D eigenvalue weighted by Gasteiger charge is -2.06. The molecular formula is C17H17FN4O2. The summed E-state index contributed by atoms with van der Waals surface area (Å²) in [4.78, 5) is 16.5. The van der Waals surface area contributed by atoms with Gasteiger partial charge in [0, 0.05) is 32.0 Å². The molecule has 3 rings (SSSR count). The number of methoxy groups -OCH3 is 1. The number of carbonyl (C=O) groups is 1. The number of benzene rings is 1. The van der Waals surface area contributed by atoms with Crippen molar-refractivity contribution in [1.82, 2.24) is 19.9 Å². The predicted molar refractivity (Wildman–Crippen MR) is 87.2 cm³/mol. The van der Waals surface area contributed by atoms with E-state index in [9.17, 15) is 9.18 Å². The van der Waals surface area contributed by atoms with Crippen LogP contribution in [0.4, 0.5) is 4.39 Å². The van der Waals surface area contributed by atoms with Gasteiger partial charge in [-0.3, -0.25) is 4.79 Å². The summed E-state index contributed by atoms with van der Waals surface area (Å²) in [6, 6.07) is 8.08. The van der Waals surface area contributed by atoms with E-state index in [0.717, 1.165) is 6.42 Å². The summed E-state index contributed by atoms with van der Waals surface area (Å²) >= 11 is 0. The van der Waals surface area contributed by atoms with Crippen LogP contribution in [-0.2, 0) is 4.74 Å². The average molecular weight is 328 g/mol. The van der Waals surface area contributed by atoms with E-state index in [1.54, 1.807) is 37.6 Å². The summed E-state index contributed by atoms with van der Waals surface area (Å²) in [7, 11) is 1.61. The molecule has 0 saturated carbocycles. The van der Waals surface area contributed by atoms with Gasteiger partial charge in [0.05, 0.1) is 11.9 Å². The highest BCUT2D eigenvalue weighted by molar-refractivity contribution is 5.99. The van der Waals surface area contributed by atoms with Crippen LogP contribution in [0.5, 0.6) is 0 Å². The number of ether oxygens (including phenoxy) is 1. The molecule has 24 heavy (non-hydrogen) atoms. The van der Waals surface area contributed by atoms with Gasteiger partial charge < -0.3 is 10.1 Å². The van der Waals surface area contributed by atoms with E-state index in [1.807, 2.05) is 0 Å². The molecule has 1 aromatic carbocycles. The van der Waals surface area contributed by atoms with E-state index in [4.69, 9.17) is 4.74 Å². The summed E-state index contributed by atoms with van der Waals surface area (Å²) < 4.78 is 20.5. The van der Waals surface area contributed by atoms with Crippen molar-refractivity contribution in [1.29, 1.82) is 0 Å². The molecule has 0 saturated heterocycles.